The first-order chi connectivity index (χ1) is 12.7. The van der Waals surface area contributed by atoms with Crippen molar-refractivity contribution in [1.82, 2.24) is 19.7 Å². The second-order valence-corrected chi connectivity index (χ2v) is 6.87. The summed E-state index contributed by atoms with van der Waals surface area (Å²) in [5.74, 6) is 0.0700. The van der Waals surface area contributed by atoms with Crippen LogP contribution in [0.2, 0.25) is 5.02 Å². The number of hydrogen-bond donors (Lipinski definition) is 0. The van der Waals surface area contributed by atoms with E-state index in [-0.39, 0.29) is 5.91 Å². The predicted molar refractivity (Wildman–Crippen MR) is 102 cm³/mol. The minimum absolute atomic E-state index is 0.0700. The molecular weight excluding hydrogens is 348 g/mol. The molecule has 0 N–H and O–H groups in total. The van der Waals surface area contributed by atoms with Crippen molar-refractivity contribution >= 4 is 17.5 Å². The van der Waals surface area contributed by atoms with E-state index in [1.807, 2.05) is 47.5 Å². The number of amides is 1. The molecule has 1 saturated heterocycles. The monoisotopic (exact) mass is 366 g/mol. The summed E-state index contributed by atoms with van der Waals surface area (Å²) in [6, 6.07) is 11.2. The smallest absolute Gasteiger partial charge is 0.255 e. The Labute approximate surface area is 157 Å². The maximum atomic E-state index is 12.5. The fourth-order valence-corrected chi connectivity index (χ4v) is 3.29. The average molecular weight is 367 g/mol. The number of rotatable bonds is 3. The summed E-state index contributed by atoms with van der Waals surface area (Å²) in [5.41, 5.74) is 3.26. The first kappa shape index (κ1) is 16.8. The summed E-state index contributed by atoms with van der Waals surface area (Å²) < 4.78 is 1.78. The number of hydrogen-bond acceptors (Lipinski definition) is 3. The van der Waals surface area contributed by atoms with Gasteiger partial charge in [0.25, 0.3) is 5.91 Å². The molecule has 26 heavy (non-hydrogen) atoms. The van der Waals surface area contributed by atoms with Crippen LogP contribution in [0.1, 0.15) is 29.6 Å². The Hall–Kier alpha value is -2.66. The minimum atomic E-state index is 0.0700. The molecule has 132 valence electrons. The number of nitrogens with zero attached hydrogens (tertiary/aromatic N) is 4. The third-order valence-corrected chi connectivity index (χ3v) is 4.88. The van der Waals surface area contributed by atoms with Gasteiger partial charge >= 0.3 is 0 Å². The Kier molecular flexibility index (Phi) is 4.71. The van der Waals surface area contributed by atoms with E-state index in [0.717, 1.165) is 42.9 Å². The fraction of sp³-hybridized carbons (Fsp3) is 0.250. The number of piperidine rings is 1. The highest BCUT2D eigenvalue weighted by atomic mass is 35.5. The highest BCUT2D eigenvalue weighted by molar-refractivity contribution is 6.30. The van der Waals surface area contributed by atoms with Crippen molar-refractivity contribution in [2.45, 2.75) is 19.3 Å². The van der Waals surface area contributed by atoms with Crippen molar-refractivity contribution in [2.24, 2.45) is 0 Å². The first-order valence-electron chi connectivity index (χ1n) is 8.77. The van der Waals surface area contributed by atoms with Gasteiger partial charge in [-0.3, -0.25) is 9.78 Å². The number of aromatic nitrogens is 3. The molecule has 0 unspecified atom stereocenters. The summed E-state index contributed by atoms with van der Waals surface area (Å²) in [4.78, 5) is 18.9. The van der Waals surface area contributed by atoms with Gasteiger partial charge in [-0.15, -0.1) is 0 Å². The highest BCUT2D eigenvalue weighted by Gasteiger charge is 2.18. The van der Waals surface area contributed by atoms with Crippen LogP contribution in [0.25, 0.3) is 16.9 Å². The van der Waals surface area contributed by atoms with Crippen molar-refractivity contribution in [3.8, 4) is 16.9 Å². The normalized spacial score (nSPS) is 14.4. The average Bonchev–Trinajstić information content (AvgIpc) is 3.19. The molecule has 2 aromatic heterocycles. The summed E-state index contributed by atoms with van der Waals surface area (Å²) >= 11 is 5.93. The molecule has 3 heterocycles. The maximum Gasteiger partial charge on any atom is 0.255 e. The van der Waals surface area contributed by atoms with Gasteiger partial charge in [0.05, 0.1) is 23.1 Å². The lowest BCUT2D eigenvalue weighted by atomic mass is 10.1. The van der Waals surface area contributed by atoms with Gasteiger partial charge in [0.2, 0.25) is 0 Å². The number of carbonyl (C=O) groups excluding carboxylic acids is 1. The van der Waals surface area contributed by atoms with E-state index in [0.29, 0.717) is 10.6 Å². The number of halogens is 1. The zero-order valence-electron chi connectivity index (χ0n) is 14.3. The van der Waals surface area contributed by atoms with E-state index in [9.17, 15) is 4.79 Å². The molecule has 1 aliphatic heterocycles. The van der Waals surface area contributed by atoms with Gasteiger partial charge < -0.3 is 4.90 Å². The quantitative estimate of drug-likeness (QED) is 0.697. The van der Waals surface area contributed by atoms with Crippen LogP contribution in [0.3, 0.4) is 0 Å². The van der Waals surface area contributed by atoms with E-state index in [4.69, 9.17) is 11.6 Å². The number of carbonyl (C=O) groups is 1. The molecule has 0 bridgehead atoms. The molecule has 1 amide bonds. The summed E-state index contributed by atoms with van der Waals surface area (Å²) in [5, 5.41) is 5.07. The zero-order chi connectivity index (χ0) is 17.9. The van der Waals surface area contributed by atoms with E-state index in [1.165, 1.54) is 6.42 Å². The standard InChI is InChI=1S/C20H19ClN4O/c21-17-5-7-18(8-6-17)25-14-16(13-23-25)19-9-4-15(12-22-19)20(26)24-10-2-1-3-11-24/h4-9,12-14H,1-3,10-11H2. The SMILES string of the molecule is O=C(c1ccc(-c2cnn(-c3ccc(Cl)cc3)c2)nc1)N1CCCCC1. The van der Waals surface area contributed by atoms with E-state index in [1.54, 1.807) is 17.1 Å². The van der Waals surface area contributed by atoms with Crippen LogP contribution in [0, 0.1) is 0 Å². The van der Waals surface area contributed by atoms with Gasteiger partial charge in [0, 0.05) is 36.1 Å². The van der Waals surface area contributed by atoms with E-state index >= 15 is 0 Å². The first-order valence-corrected chi connectivity index (χ1v) is 9.15. The van der Waals surface area contributed by atoms with Crippen LogP contribution in [0.5, 0.6) is 0 Å². The Balaban J connectivity index is 1.52. The van der Waals surface area contributed by atoms with Gasteiger partial charge in [0.1, 0.15) is 0 Å². The van der Waals surface area contributed by atoms with Crippen molar-refractivity contribution in [2.75, 3.05) is 13.1 Å². The Bertz CT molecular complexity index is 896. The van der Waals surface area contributed by atoms with Crippen molar-refractivity contribution in [1.29, 1.82) is 0 Å². The molecule has 0 atom stereocenters. The number of likely N-dealkylation sites (tertiary alicyclic amines) is 1. The lowest BCUT2D eigenvalue weighted by Gasteiger charge is -2.26. The lowest BCUT2D eigenvalue weighted by molar-refractivity contribution is 0.0724. The molecule has 6 heteroatoms. The predicted octanol–water partition coefficient (Wildman–Crippen LogP) is 4.21. The summed E-state index contributed by atoms with van der Waals surface area (Å²) in [6.07, 6.45) is 8.72. The number of pyridine rings is 1. The van der Waals surface area contributed by atoms with E-state index in [2.05, 4.69) is 10.1 Å². The second kappa shape index (κ2) is 7.30. The zero-order valence-corrected chi connectivity index (χ0v) is 15.1. The third kappa shape index (κ3) is 3.48. The molecule has 0 radical (unpaired) electrons. The van der Waals surface area contributed by atoms with Gasteiger partial charge in [-0.05, 0) is 55.7 Å². The van der Waals surface area contributed by atoms with Crippen molar-refractivity contribution in [3.63, 3.8) is 0 Å². The van der Waals surface area contributed by atoms with Gasteiger partial charge in [-0.25, -0.2) is 4.68 Å². The molecule has 1 aliphatic rings. The molecule has 3 aromatic rings. The highest BCUT2D eigenvalue weighted by Crippen LogP contribution is 2.20. The molecule has 4 rings (SSSR count). The van der Waals surface area contributed by atoms with Crippen LogP contribution in [-0.2, 0) is 0 Å². The Morgan fingerprint density at radius 1 is 0.962 bits per heavy atom. The molecule has 0 spiro atoms. The molecule has 5 nitrogen and oxygen atoms in total. The maximum absolute atomic E-state index is 12.5. The summed E-state index contributed by atoms with van der Waals surface area (Å²) in [7, 11) is 0. The van der Waals surface area contributed by atoms with Crippen molar-refractivity contribution < 1.29 is 4.79 Å². The van der Waals surface area contributed by atoms with Crippen molar-refractivity contribution in [3.05, 3.63) is 65.6 Å². The minimum Gasteiger partial charge on any atom is -0.339 e. The number of benzene rings is 1. The van der Waals surface area contributed by atoms with Crippen LogP contribution in [0.4, 0.5) is 0 Å². The largest absolute Gasteiger partial charge is 0.339 e. The van der Waals surface area contributed by atoms with Gasteiger partial charge in [0.15, 0.2) is 0 Å². The van der Waals surface area contributed by atoms with Crippen LogP contribution in [0.15, 0.2) is 55.0 Å². The van der Waals surface area contributed by atoms with E-state index < -0.39 is 0 Å². The fourth-order valence-electron chi connectivity index (χ4n) is 3.16. The topological polar surface area (TPSA) is 51.0 Å². The molecule has 0 saturated carbocycles. The van der Waals surface area contributed by atoms with Crippen LogP contribution >= 0.6 is 11.6 Å². The molecular formula is C20H19ClN4O. The van der Waals surface area contributed by atoms with Crippen LogP contribution < -0.4 is 0 Å². The van der Waals surface area contributed by atoms with Gasteiger partial charge in [-0.1, -0.05) is 11.6 Å². The Morgan fingerprint density at radius 2 is 1.73 bits per heavy atom. The molecule has 1 aromatic carbocycles. The Morgan fingerprint density at radius 3 is 2.42 bits per heavy atom. The molecule has 1 fully saturated rings. The van der Waals surface area contributed by atoms with Crippen LogP contribution in [-0.4, -0.2) is 38.7 Å². The second-order valence-electron chi connectivity index (χ2n) is 6.43. The third-order valence-electron chi connectivity index (χ3n) is 4.62. The lowest BCUT2D eigenvalue weighted by Crippen LogP contribution is -2.35. The summed E-state index contributed by atoms with van der Waals surface area (Å²) in [6.45, 7) is 1.68. The van der Waals surface area contributed by atoms with Gasteiger partial charge in [-0.2, -0.15) is 5.10 Å². The molecule has 0 aliphatic carbocycles.